The molecule has 13 N–H and O–H groups in total. The number of carbonyl (C=O) groups excluding carboxylic acids is 4. The number of aryl methyl sites for hydroxylation is 3. The highest BCUT2D eigenvalue weighted by atomic mass is 32.2. The zero-order valence-electron chi connectivity index (χ0n) is 51.8. The Hall–Kier alpha value is -3.78. The number of amides is 4. The number of aliphatic hydroxyl groups excluding tert-OH is 9. The zero-order chi connectivity index (χ0) is 64.9. The average molecular weight is 1340 g/mol. The number of ether oxygens (including phenoxy) is 3. The molecule has 0 aromatic carbocycles. The molecule has 0 unspecified atom stereocenters. The quantitative estimate of drug-likeness (QED) is 0.0319. The first-order valence-corrected chi connectivity index (χ1v) is 35.2. The van der Waals surface area contributed by atoms with E-state index in [2.05, 4.69) is 59.1 Å². The lowest BCUT2D eigenvalue weighted by Gasteiger charge is -2.34. The summed E-state index contributed by atoms with van der Waals surface area (Å²) in [5.41, 5.74) is -3.99. The Labute approximate surface area is 539 Å². The Morgan fingerprint density at radius 2 is 0.640 bits per heavy atom. The van der Waals surface area contributed by atoms with Gasteiger partial charge in [0.05, 0.1) is 118 Å². The predicted molar refractivity (Wildman–Crippen MR) is 341 cm³/mol. The van der Waals surface area contributed by atoms with E-state index < -0.39 is 81.6 Å². The predicted octanol–water partition coefficient (Wildman–Crippen LogP) is -0.434. The van der Waals surface area contributed by atoms with E-state index in [-0.39, 0.29) is 89.0 Å². The highest BCUT2D eigenvalue weighted by molar-refractivity contribution is 7.99. The summed E-state index contributed by atoms with van der Waals surface area (Å²) in [6, 6.07) is 0. The molecule has 0 bridgehead atoms. The molecule has 510 valence electrons. The SMILES string of the molecule is CCCCCCCCCCSCCC(=O)NC(COCc1cn(CCCSCCC(=O)NC(CO)(CO)CO)nn1)(COCc1cn(CCCSCCC(=O)NC(CO)(CO)CO)nn1)COCc1cn(CCCSCCC(=O)NC(CO)(CO)CO)nn1. The first-order chi connectivity index (χ1) is 43.2. The van der Waals surface area contributed by atoms with Gasteiger partial charge in [-0.2, -0.15) is 47.0 Å². The molecule has 4 amide bonds. The minimum absolute atomic E-state index is 0.0439. The second kappa shape index (κ2) is 47.2. The Bertz CT molecular complexity index is 2110. The fraction of sp³-hybridized carbons (Fsp3) is 0.821. The molecule has 0 saturated carbocycles. The second-order valence-corrected chi connectivity index (χ2v) is 27.0. The topological polar surface area (TPSA) is 418 Å². The van der Waals surface area contributed by atoms with Crippen LogP contribution in [0.1, 0.15) is 120 Å². The van der Waals surface area contributed by atoms with Crippen molar-refractivity contribution in [3.63, 3.8) is 0 Å². The molecule has 0 saturated heterocycles. The van der Waals surface area contributed by atoms with E-state index in [1.165, 1.54) is 38.5 Å². The third-order valence-electron chi connectivity index (χ3n) is 14.0. The van der Waals surface area contributed by atoms with E-state index in [1.54, 1.807) is 79.7 Å². The fourth-order valence-electron chi connectivity index (χ4n) is 8.46. The number of nitrogens with zero attached hydrogens (tertiary/aromatic N) is 9. The number of aliphatic hydroxyl groups is 9. The number of carbonyl (C=O) groups is 4. The molecule has 3 heterocycles. The van der Waals surface area contributed by atoms with Crippen LogP contribution in [0.4, 0.5) is 0 Å². The first kappa shape index (κ1) is 79.5. The van der Waals surface area contributed by atoms with Gasteiger partial charge in [-0.1, -0.05) is 67.5 Å². The highest BCUT2D eigenvalue weighted by Crippen LogP contribution is 2.18. The van der Waals surface area contributed by atoms with E-state index in [4.69, 9.17) is 14.2 Å². The maximum absolute atomic E-state index is 14.0. The summed E-state index contributed by atoms with van der Waals surface area (Å²) in [7, 11) is 0. The normalized spacial score (nSPS) is 12.2. The lowest BCUT2D eigenvalue weighted by atomic mass is 10.0. The molecule has 29 nitrogen and oxygen atoms in total. The summed E-state index contributed by atoms with van der Waals surface area (Å²) in [4.78, 5) is 51.1. The van der Waals surface area contributed by atoms with Gasteiger partial charge >= 0.3 is 0 Å². The van der Waals surface area contributed by atoms with Crippen molar-refractivity contribution in [3.8, 4) is 0 Å². The molecule has 0 atom stereocenters. The van der Waals surface area contributed by atoms with Gasteiger partial charge in [-0.3, -0.25) is 33.2 Å². The van der Waals surface area contributed by atoms with Crippen molar-refractivity contribution in [1.82, 2.24) is 66.2 Å². The van der Waals surface area contributed by atoms with E-state index >= 15 is 0 Å². The van der Waals surface area contributed by atoms with Crippen LogP contribution in [0.5, 0.6) is 0 Å². The summed E-state index contributed by atoms with van der Waals surface area (Å²) >= 11 is 6.41. The largest absolute Gasteiger partial charge is 0.394 e. The number of aromatic nitrogens is 9. The smallest absolute Gasteiger partial charge is 0.221 e. The third kappa shape index (κ3) is 33.1. The van der Waals surface area contributed by atoms with Crippen molar-refractivity contribution in [2.75, 3.05) is 125 Å². The van der Waals surface area contributed by atoms with Crippen molar-refractivity contribution in [2.45, 2.75) is 165 Å². The van der Waals surface area contributed by atoms with Crippen molar-refractivity contribution in [1.29, 1.82) is 0 Å². The lowest BCUT2D eigenvalue weighted by molar-refractivity contribution is -0.128. The molecular weight excluding hydrogens is 1240 g/mol. The van der Waals surface area contributed by atoms with Crippen LogP contribution in [0.25, 0.3) is 0 Å². The summed E-state index contributed by atoms with van der Waals surface area (Å²) in [6.45, 7) is -1.51. The molecule has 33 heteroatoms. The van der Waals surface area contributed by atoms with E-state index in [1.807, 2.05) is 0 Å². The summed E-state index contributed by atoms with van der Waals surface area (Å²) in [5, 5.41) is 122. The Morgan fingerprint density at radius 3 is 0.921 bits per heavy atom. The van der Waals surface area contributed by atoms with Crippen LogP contribution in [0.2, 0.25) is 0 Å². The van der Waals surface area contributed by atoms with Gasteiger partial charge < -0.3 is 81.4 Å². The number of rotatable bonds is 58. The highest BCUT2D eigenvalue weighted by Gasteiger charge is 2.35. The van der Waals surface area contributed by atoms with Crippen LogP contribution in [-0.4, -0.2) is 262 Å². The van der Waals surface area contributed by atoms with Crippen LogP contribution in [0.3, 0.4) is 0 Å². The summed E-state index contributed by atoms with van der Waals surface area (Å²) in [5.74, 6) is 3.83. The molecule has 0 spiro atoms. The molecule has 0 aliphatic heterocycles. The maximum Gasteiger partial charge on any atom is 0.221 e. The van der Waals surface area contributed by atoms with E-state index in [9.17, 15) is 65.1 Å². The fourth-order valence-corrected chi connectivity index (χ4v) is 12.0. The zero-order valence-corrected chi connectivity index (χ0v) is 55.0. The summed E-state index contributed by atoms with van der Waals surface area (Å²) < 4.78 is 24.1. The Balaban J connectivity index is 1.68. The van der Waals surface area contributed by atoms with E-state index in [0.717, 1.165) is 37.9 Å². The molecule has 0 aliphatic rings. The third-order valence-corrected chi connectivity index (χ3v) is 18.3. The molecule has 0 fully saturated rings. The molecule has 0 radical (unpaired) electrons. The summed E-state index contributed by atoms with van der Waals surface area (Å²) in [6.07, 6.45) is 17.9. The van der Waals surface area contributed by atoms with Crippen LogP contribution in [0.15, 0.2) is 18.6 Å². The minimum Gasteiger partial charge on any atom is -0.394 e. The van der Waals surface area contributed by atoms with Crippen LogP contribution in [-0.2, 0) is 72.8 Å². The van der Waals surface area contributed by atoms with Crippen molar-refractivity contribution < 1.29 is 79.3 Å². The average Bonchev–Trinajstić information content (AvgIpc) is 4.21. The monoisotopic (exact) mass is 1340 g/mol. The van der Waals surface area contributed by atoms with Crippen LogP contribution >= 0.6 is 47.0 Å². The second-order valence-electron chi connectivity index (χ2n) is 22.1. The standard InChI is InChI=1S/C56H101N13O16S4/c1-2-3-4-5-6-7-8-9-20-86-24-16-52(82)60-56(43-83-31-46-28-67(64-61-46)17-10-21-87-25-13-49(79)57-53(34-70,35-71)36-72,44-84-32-47-29-68(65-62-47)18-11-22-88-26-14-50(80)58-54(37-73,38-74)39-75)45-85-33-48-30-69(66-63-48)19-12-23-89-27-15-51(81)59-55(40-76,41-77)42-78/h28-30,70-78H,2-27,31-45H2,1H3,(H,57,79)(H,58,80)(H,59,81)(H,60,82). The molecule has 3 aromatic rings. The van der Waals surface area contributed by atoms with Gasteiger partial charge in [0.25, 0.3) is 0 Å². The van der Waals surface area contributed by atoms with E-state index in [0.29, 0.717) is 77.0 Å². The molecule has 3 aromatic heterocycles. The van der Waals surface area contributed by atoms with Gasteiger partial charge in [0.2, 0.25) is 23.6 Å². The Kier molecular flexibility index (Phi) is 42.1. The lowest BCUT2D eigenvalue weighted by Crippen LogP contribution is -2.58. The van der Waals surface area contributed by atoms with Gasteiger partial charge in [0.15, 0.2) is 0 Å². The number of hydrogen-bond acceptors (Lipinski definition) is 26. The van der Waals surface area contributed by atoms with Crippen molar-refractivity contribution >= 4 is 70.7 Å². The Morgan fingerprint density at radius 1 is 0.382 bits per heavy atom. The van der Waals surface area contributed by atoms with Gasteiger partial charge in [0, 0.05) is 68.3 Å². The number of unbranched alkanes of at least 4 members (excludes halogenated alkanes) is 7. The van der Waals surface area contributed by atoms with Gasteiger partial charge in [-0.25, -0.2) is 0 Å². The molecule has 3 rings (SSSR count). The number of hydrogen-bond donors (Lipinski definition) is 13. The number of nitrogens with one attached hydrogen (secondary N) is 4. The molecular formula is C56H101N13O16S4. The van der Waals surface area contributed by atoms with Crippen molar-refractivity contribution in [3.05, 3.63) is 35.7 Å². The van der Waals surface area contributed by atoms with Gasteiger partial charge in [-0.05, 0) is 48.7 Å². The van der Waals surface area contributed by atoms with Gasteiger partial charge in [0.1, 0.15) is 39.2 Å². The number of thioether (sulfide) groups is 4. The van der Waals surface area contributed by atoms with Crippen LogP contribution in [0, 0.1) is 0 Å². The molecule has 0 aliphatic carbocycles. The maximum atomic E-state index is 14.0. The van der Waals surface area contributed by atoms with Crippen LogP contribution < -0.4 is 21.3 Å². The molecule has 89 heavy (non-hydrogen) atoms. The van der Waals surface area contributed by atoms with Crippen molar-refractivity contribution in [2.24, 2.45) is 0 Å². The minimum atomic E-state index is -1.47. The first-order valence-electron chi connectivity index (χ1n) is 30.6. The van der Waals surface area contributed by atoms with Gasteiger partial charge in [-0.15, -0.1) is 15.3 Å².